The number of esters is 1. The zero-order valence-corrected chi connectivity index (χ0v) is 43.8. The van der Waals surface area contributed by atoms with Crippen LogP contribution in [0.4, 0.5) is 0 Å². The van der Waals surface area contributed by atoms with Crippen LogP contribution in [0.2, 0.25) is 0 Å². The maximum Gasteiger partial charge on any atom is 0.306 e. The summed E-state index contributed by atoms with van der Waals surface area (Å²) in [5.74, 6) is -0.434. The van der Waals surface area contributed by atoms with E-state index in [4.69, 9.17) is 28.4 Å². The van der Waals surface area contributed by atoms with Crippen molar-refractivity contribution in [2.45, 2.75) is 197 Å². The van der Waals surface area contributed by atoms with Crippen molar-refractivity contribution in [1.82, 2.24) is 0 Å². The third-order valence-electron chi connectivity index (χ3n) is 11.7. The molecule has 7 N–H and O–H groups in total. The van der Waals surface area contributed by atoms with Crippen molar-refractivity contribution in [3.05, 3.63) is 134 Å². The summed E-state index contributed by atoms with van der Waals surface area (Å²) in [4.78, 5) is 13.0. The van der Waals surface area contributed by atoms with Crippen LogP contribution in [0.25, 0.3) is 0 Å². The molecule has 2 heterocycles. The number of unbranched alkanes of at least 4 members (excludes halogenated alkanes) is 4. The summed E-state index contributed by atoms with van der Waals surface area (Å²) in [6, 6.07) is 0. The van der Waals surface area contributed by atoms with Gasteiger partial charge in [0.2, 0.25) is 0 Å². The highest BCUT2D eigenvalue weighted by Gasteiger charge is 2.47. The van der Waals surface area contributed by atoms with Gasteiger partial charge in [0.25, 0.3) is 0 Å². The molecule has 0 aliphatic carbocycles. The highest BCUT2D eigenvalue weighted by atomic mass is 16.7. The maximum atomic E-state index is 13.0. The summed E-state index contributed by atoms with van der Waals surface area (Å²) >= 11 is 0. The number of rotatable bonds is 40. The van der Waals surface area contributed by atoms with Crippen LogP contribution < -0.4 is 0 Å². The van der Waals surface area contributed by atoms with Gasteiger partial charge in [0.1, 0.15) is 54.9 Å². The lowest BCUT2D eigenvalue weighted by atomic mass is 9.98. The number of hydrogen-bond donors (Lipinski definition) is 7. The van der Waals surface area contributed by atoms with Gasteiger partial charge in [-0.2, -0.15) is 0 Å². The zero-order valence-electron chi connectivity index (χ0n) is 43.8. The first kappa shape index (κ1) is 65.2. The van der Waals surface area contributed by atoms with E-state index >= 15 is 0 Å². The third-order valence-corrected chi connectivity index (χ3v) is 11.7. The van der Waals surface area contributed by atoms with E-state index in [1.165, 1.54) is 0 Å². The minimum atomic E-state index is -1.73. The van der Waals surface area contributed by atoms with E-state index in [2.05, 4.69) is 148 Å². The molecule has 0 aromatic rings. The van der Waals surface area contributed by atoms with Crippen molar-refractivity contribution in [3.8, 4) is 0 Å². The van der Waals surface area contributed by atoms with Gasteiger partial charge in [-0.1, -0.05) is 154 Å². The van der Waals surface area contributed by atoms with E-state index in [9.17, 15) is 40.5 Å². The standard InChI is InChI=1S/C59H92O14/c1-3-5-7-9-11-13-15-17-19-21-23-25-27-29-31-33-35-37-39-41-43-68-45-48(71-51(61)42-40-38-36-34-32-30-28-26-24-22-20-18-16-14-12-10-8-6-4-2)46-69-58-57(67)55(65)53(63)50(73-58)47-70-59-56(66)54(64)52(62)49(44-60)72-59/h5-8,11-14,17-20,23-26,29-32,35,37,48-50,52-60,62-67H,3-4,9-10,15-16,21-22,27-28,33-34,36,38-47H2,1-2H3/b7-5-,8-6-,13-11-,14-12-,19-17-,20-18-,25-23-,26-24-,31-29-,32-30-,37-35-. The van der Waals surface area contributed by atoms with Crippen LogP contribution >= 0.6 is 0 Å². The van der Waals surface area contributed by atoms with Crippen molar-refractivity contribution in [3.63, 3.8) is 0 Å². The zero-order chi connectivity index (χ0) is 53.0. The summed E-state index contributed by atoms with van der Waals surface area (Å²) in [6.45, 7) is 3.21. The smallest absolute Gasteiger partial charge is 0.306 e. The van der Waals surface area contributed by atoms with Crippen LogP contribution in [0.15, 0.2) is 134 Å². The fraction of sp³-hybridized carbons (Fsp3) is 0.610. The van der Waals surface area contributed by atoms with Crippen molar-refractivity contribution >= 4 is 5.97 Å². The van der Waals surface area contributed by atoms with Gasteiger partial charge in [0.05, 0.1) is 26.4 Å². The second-order valence-corrected chi connectivity index (χ2v) is 17.9. The molecule has 14 heteroatoms. The van der Waals surface area contributed by atoms with E-state index in [1.54, 1.807) is 0 Å². The van der Waals surface area contributed by atoms with Crippen LogP contribution in [0.3, 0.4) is 0 Å². The molecule has 11 unspecified atom stereocenters. The van der Waals surface area contributed by atoms with Crippen LogP contribution in [0.5, 0.6) is 0 Å². The van der Waals surface area contributed by atoms with Gasteiger partial charge in [0, 0.05) is 13.0 Å². The average Bonchev–Trinajstić information content (AvgIpc) is 3.39. The molecule has 2 aliphatic rings. The Bertz CT molecular complexity index is 1710. The highest BCUT2D eigenvalue weighted by Crippen LogP contribution is 2.26. The fourth-order valence-electron chi connectivity index (χ4n) is 7.38. The molecule has 0 aromatic carbocycles. The van der Waals surface area contributed by atoms with Crippen LogP contribution in [0.1, 0.15) is 129 Å². The van der Waals surface area contributed by atoms with Gasteiger partial charge in [-0.25, -0.2) is 0 Å². The molecule has 2 saturated heterocycles. The summed E-state index contributed by atoms with van der Waals surface area (Å²) < 4.78 is 34.2. The molecular weight excluding hydrogens is 933 g/mol. The van der Waals surface area contributed by atoms with Crippen molar-refractivity contribution < 1.29 is 69.0 Å². The maximum absolute atomic E-state index is 13.0. The largest absolute Gasteiger partial charge is 0.457 e. The topological polar surface area (TPSA) is 214 Å². The van der Waals surface area contributed by atoms with E-state index in [-0.39, 0.29) is 19.6 Å². The normalized spacial score (nSPS) is 26.0. The number of aliphatic hydroxyl groups excluding tert-OH is 7. The average molecular weight is 1030 g/mol. The van der Waals surface area contributed by atoms with E-state index in [0.29, 0.717) is 13.0 Å². The van der Waals surface area contributed by atoms with Gasteiger partial charge in [0.15, 0.2) is 12.6 Å². The molecule has 2 aliphatic heterocycles. The third kappa shape index (κ3) is 31.6. The molecule has 0 amide bonds. The Balaban J connectivity index is 1.81. The molecule has 0 bridgehead atoms. The molecule has 0 saturated carbocycles. The van der Waals surface area contributed by atoms with Crippen LogP contribution in [0, 0.1) is 0 Å². The van der Waals surface area contributed by atoms with Crippen LogP contribution in [-0.2, 0) is 33.2 Å². The monoisotopic (exact) mass is 1020 g/mol. The Morgan fingerprint density at radius 1 is 0.452 bits per heavy atom. The molecule has 412 valence electrons. The lowest BCUT2D eigenvalue weighted by molar-refractivity contribution is -0.332. The number of carbonyl (C=O) groups is 1. The number of ether oxygens (including phenoxy) is 6. The Morgan fingerprint density at radius 2 is 0.849 bits per heavy atom. The predicted octanol–water partition coefficient (Wildman–Crippen LogP) is 8.74. The molecular formula is C59H92O14. The summed E-state index contributed by atoms with van der Waals surface area (Å²) in [5.41, 5.74) is 0. The molecule has 0 spiro atoms. The Hall–Kier alpha value is -3.87. The first-order chi connectivity index (χ1) is 35.6. The molecule has 14 nitrogen and oxygen atoms in total. The van der Waals surface area contributed by atoms with Crippen LogP contribution in [-0.4, -0.2) is 142 Å². The summed E-state index contributed by atoms with van der Waals surface area (Å²) in [7, 11) is 0. The molecule has 0 aromatic heterocycles. The van der Waals surface area contributed by atoms with Gasteiger partial charge in [-0.05, 0) is 103 Å². The van der Waals surface area contributed by atoms with Crippen molar-refractivity contribution in [2.75, 3.05) is 33.0 Å². The first-order valence-electron chi connectivity index (χ1n) is 26.8. The number of carbonyl (C=O) groups excluding carboxylic acids is 1. The van der Waals surface area contributed by atoms with Crippen molar-refractivity contribution in [1.29, 1.82) is 0 Å². The molecule has 73 heavy (non-hydrogen) atoms. The summed E-state index contributed by atoms with van der Waals surface area (Å²) in [6.07, 6.45) is 46.6. The Labute approximate surface area is 437 Å². The molecule has 11 atom stereocenters. The molecule has 2 fully saturated rings. The van der Waals surface area contributed by atoms with Gasteiger partial charge in [-0.15, -0.1) is 0 Å². The van der Waals surface area contributed by atoms with Crippen molar-refractivity contribution in [2.24, 2.45) is 0 Å². The lowest BCUT2D eigenvalue weighted by Crippen LogP contribution is -2.61. The van der Waals surface area contributed by atoms with E-state index in [0.717, 1.165) is 103 Å². The number of hydrogen-bond acceptors (Lipinski definition) is 14. The molecule has 2 rings (SSSR count). The minimum absolute atomic E-state index is 0.00277. The van der Waals surface area contributed by atoms with Gasteiger partial charge < -0.3 is 64.2 Å². The SMILES string of the molecule is CC/C=C\C/C=C\C/C=C\C/C=C\C/C=C\C/C=C\CCCOCC(COC1OC(COC2OC(CO)C(O)C(O)C2O)C(O)C(O)C1O)OC(=O)CCCCC/C=C\C/C=C\C/C=C\C/C=C\C/C=C\CC. The number of allylic oxidation sites excluding steroid dienone is 22. The first-order valence-corrected chi connectivity index (χ1v) is 26.8. The Kier molecular flexibility index (Phi) is 39.7. The second kappa shape index (κ2) is 44.4. The lowest BCUT2D eigenvalue weighted by Gasteiger charge is -2.42. The quantitative estimate of drug-likeness (QED) is 0.0174. The minimum Gasteiger partial charge on any atom is -0.457 e. The highest BCUT2D eigenvalue weighted by molar-refractivity contribution is 5.69. The molecule has 0 radical (unpaired) electrons. The van der Waals surface area contributed by atoms with Gasteiger partial charge in [-0.3, -0.25) is 4.79 Å². The second-order valence-electron chi connectivity index (χ2n) is 17.9. The summed E-state index contributed by atoms with van der Waals surface area (Å²) in [5, 5.41) is 72.2. The predicted molar refractivity (Wildman–Crippen MR) is 288 cm³/mol. The number of aliphatic hydroxyl groups is 7. The van der Waals surface area contributed by atoms with E-state index < -0.39 is 86.7 Å². The Morgan fingerprint density at radius 3 is 1.30 bits per heavy atom. The fourth-order valence-corrected chi connectivity index (χ4v) is 7.38. The van der Waals surface area contributed by atoms with Gasteiger partial charge >= 0.3 is 5.97 Å². The van der Waals surface area contributed by atoms with E-state index in [1.807, 2.05) is 0 Å².